The summed E-state index contributed by atoms with van der Waals surface area (Å²) in [5.74, 6) is -2.08. The number of hydrogen-bond acceptors (Lipinski definition) is 7. The van der Waals surface area contributed by atoms with Crippen molar-refractivity contribution >= 4 is 34.1 Å². The summed E-state index contributed by atoms with van der Waals surface area (Å²) in [4.78, 5) is 16.1. The van der Waals surface area contributed by atoms with Gasteiger partial charge in [-0.15, -0.1) is 5.10 Å². The number of nitrogens with zero attached hydrogens (tertiary/aromatic N) is 3. The predicted molar refractivity (Wildman–Crippen MR) is 119 cm³/mol. The standard InChI is InChI=1S/C21H27F2N7O2/c1-5-6-16(10(2)24)27-20-15(23)9-13(18(25)31)19(28-20)26-11-7-12-17(14(22)8-11)30(3)29-21(12)32-4/h7-10,16H,5-6,24H2,1-4H3,(H2,25,31)(H2,26,27,28)/t10-,16+/m0/s1. The first-order valence-corrected chi connectivity index (χ1v) is 10.2. The van der Waals surface area contributed by atoms with E-state index in [1.165, 1.54) is 17.9 Å². The second-order valence-electron chi connectivity index (χ2n) is 7.59. The minimum Gasteiger partial charge on any atom is -0.479 e. The van der Waals surface area contributed by atoms with Crippen molar-refractivity contribution in [3.05, 3.63) is 35.4 Å². The average molecular weight is 447 g/mol. The first kappa shape index (κ1) is 23.2. The smallest absolute Gasteiger partial charge is 0.252 e. The number of methoxy groups -OCH3 is 1. The molecule has 9 nitrogen and oxygen atoms in total. The summed E-state index contributed by atoms with van der Waals surface area (Å²) in [6.45, 7) is 3.79. The van der Waals surface area contributed by atoms with Crippen molar-refractivity contribution < 1.29 is 18.3 Å². The zero-order chi connectivity index (χ0) is 23.6. The molecule has 1 amide bonds. The Bertz CT molecular complexity index is 1150. The molecule has 0 aliphatic carbocycles. The molecule has 3 aromatic rings. The molecule has 0 radical (unpaired) electrons. The van der Waals surface area contributed by atoms with Crippen LogP contribution in [0, 0.1) is 11.6 Å². The molecule has 0 aliphatic heterocycles. The highest BCUT2D eigenvalue weighted by molar-refractivity contribution is 5.99. The maximum atomic E-state index is 14.8. The summed E-state index contributed by atoms with van der Waals surface area (Å²) in [5.41, 5.74) is 11.7. The third-order valence-electron chi connectivity index (χ3n) is 5.11. The van der Waals surface area contributed by atoms with E-state index in [2.05, 4.69) is 20.7 Å². The van der Waals surface area contributed by atoms with Crippen LogP contribution in [0.15, 0.2) is 18.2 Å². The lowest BCUT2D eigenvalue weighted by Gasteiger charge is -2.23. The van der Waals surface area contributed by atoms with Crippen molar-refractivity contribution in [2.24, 2.45) is 18.5 Å². The van der Waals surface area contributed by atoms with Crippen LogP contribution in [-0.2, 0) is 7.05 Å². The number of carbonyl (C=O) groups is 1. The number of anilines is 3. The van der Waals surface area contributed by atoms with Gasteiger partial charge in [0.05, 0.1) is 18.1 Å². The zero-order valence-corrected chi connectivity index (χ0v) is 18.4. The van der Waals surface area contributed by atoms with Crippen LogP contribution in [0.4, 0.5) is 26.1 Å². The number of benzene rings is 1. The van der Waals surface area contributed by atoms with E-state index in [4.69, 9.17) is 16.2 Å². The SMILES string of the molecule is CCC[C@@H](Nc1nc(Nc2cc(F)c3c(c2)c(OC)nn3C)c(C(N)=O)cc1F)[C@H](C)N. The second-order valence-corrected chi connectivity index (χ2v) is 7.59. The van der Waals surface area contributed by atoms with Gasteiger partial charge in [0.1, 0.15) is 11.3 Å². The molecule has 6 N–H and O–H groups in total. The van der Waals surface area contributed by atoms with E-state index in [1.807, 2.05) is 6.92 Å². The van der Waals surface area contributed by atoms with Gasteiger partial charge in [0.2, 0.25) is 5.88 Å². The quantitative estimate of drug-likeness (QED) is 0.396. The number of halogens is 2. The Kier molecular flexibility index (Phi) is 6.78. The number of primary amides is 1. The summed E-state index contributed by atoms with van der Waals surface area (Å²) in [5, 5.41) is 10.4. The van der Waals surface area contributed by atoms with Crippen molar-refractivity contribution in [1.29, 1.82) is 0 Å². The maximum Gasteiger partial charge on any atom is 0.252 e. The Hall–Kier alpha value is -3.47. The van der Waals surface area contributed by atoms with Crippen LogP contribution >= 0.6 is 0 Å². The lowest BCUT2D eigenvalue weighted by atomic mass is 10.1. The molecule has 1 aromatic carbocycles. The zero-order valence-electron chi connectivity index (χ0n) is 18.4. The highest BCUT2D eigenvalue weighted by atomic mass is 19.1. The molecule has 32 heavy (non-hydrogen) atoms. The number of hydrogen-bond donors (Lipinski definition) is 4. The van der Waals surface area contributed by atoms with Gasteiger partial charge >= 0.3 is 0 Å². The number of aromatic nitrogens is 3. The fourth-order valence-corrected chi connectivity index (χ4v) is 3.52. The number of ether oxygens (including phenoxy) is 1. The Balaban J connectivity index is 2.05. The first-order chi connectivity index (χ1) is 15.2. The molecular formula is C21H27F2N7O2. The van der Waals surface area contributed by atoms with Crippen molar-refractivity contribution in [3.8, 4) is 5.88 Å². The van der Waals surface area contributed by atoms with Crippen LogP contribution < -0.4 is 26.8 Å². The summed E-state index contributed by atoms with van der Waals surface area (Å²) >= 11 is 0. The monoisotopic (exact) mass is 447 g/mol. The molecule has 0 unspecified atom stereocenters. The second kappa shape index (κ2) is 9.35. The van der Waals surface area contributed by atoms with Crippen molar-refractivity contribution in [2.75, 3.05) is 17.7 Å². The van der Waals surface area contributed by atoms with Gasteiger partial charge in [-0.25, -0.2) is 13.8 Å². The lowest BCUT2D eigenvalue weighted by molar-refractivity contribution is 0.100. The van der Waals surface area contributed by atoms with Crippen molar-refractivity contribution in [3.63, 3.8) is 0 Å². The Morgan fingerprint density at radius 3 is 2.56 bits per heavy atom. The van der Waals surface area contributed by atoms with Crippen LogP contribution in [0.5, 0.6) is 5.88 Å². The minimum atomic E-state index is -0.886. The van der Waals surface area contributed by atoms with Gasteiger partial charge in [-0.2, -0.15) is 0 Å². The Morgan fingerprint density at radius 2 is 1.97 bits per heavy atom. The number of nitrogens with two attached hydrogens (primary N) is 2. The largest absolute Gasteiger partial charge is 0.479 e. The predicted octanol–water partition coefficient (Wildman–Crippen LogP) is 3.03. The van der Waals surface area contributed by atoms with Crippen LogP contribution in [0.2, 0.25) is 0 Å². The molecule has 172 valence electrons. The van der Waals surface area contributed by atoms with Gasteiger partial charge < -0.3 is 26.8 Å². The normalized spacial score (nSPS) is 13.1. The third kappa shape index (κ3) is 4.57. The highest BCUT2D eigenvalue weighted by Crippen LogP contribution is 2.32. The molecule has 2 atom stereocenters. The topological polar surface area (TPSA) is 133 Å². The number of aryl methyl sites for hydroxylation is 1. The van der Waals surface area contributed by atoms with Crippen LogP contribution in [0.25, 0.3) is 10.9 Å². The fourth-order valence-electron chi connectivity index (χ4n) is 3.52. The van der Waals surface area contributed by atoms with E-state index >= 15 is 0 Å². The highest BCUT2D eigenvalue weighted by Gasteiger charge is 2.21. The number of carbonyl (C=O) groups excluding carboxylic acids is 1. The maximum absolute atomic E-state index is 14.8. The summed E-state index contributed by atoms with van der Waals surface area (Å²) < 4.78 is 36.0. The van der Waals surface area contributed by atoms with Gasteiger partial charge in [0.15, 0.2) is 17.5 Å². The van der Waals surface area contributed by atoms with Gasteiger partial charge in [-0.1, -0.05) is 13.3 Å². The molecule has 0 saturated carbocycles. The molecule has 2 heterocycles. The summed E-state index contributed by atoms with van der Waals surface area (Å²) in [6.07, 6.45) is 1.53. The molecule has 2 aromatic heterocycles. The van der Waals surface area contributed by atoms with Gasteiger partial charge in [0, 0.05) is 24.8 Å². The van der Waals surface area contributed by atoms with Gasteiger partial charge in [-0.3, -0.25) is 9.48 Å². The number of fused-ring (bicyclic) bond motifs is 1. The van der Waals surface area contributed by atoms with Gasteiger partial charge in [-0.05, 0) is 31.5 Å². The molecule has 0 bridgehead atoms. The number of rotatable bonds is 9. The van der Waals surface area contributed by atoms with E-state index < -0.39 is 17.5 Å². The average Bonchev–Trinajstić information content (AvgIpc) is 3.05. The van der Waals surface area contributed by atoms with Crippen molar-refractivity contribution in [2.45, 2.75) is 38.8 Å². The van der Waals surface area contributed by atoms with E-state index in [1.54, 1.807) is 20.0 Å². The van der Waals surface area contributed by atoms with Crippen LogP contribution in [-0.4, -0.2) is 39.9 Å². The number of pyridine rings is 1. The Labute approximate surface area is 184 Å². The lowest BCUT2D eigenvalue weighted by Crippen LogP contribution is -2.38. The van der Waals surface area contributed by atoms with E-state index in [-0.39, 0.29) is 46.4 Å². The van der Waals surface area contributed by atoms with E-state index in [0.29, 0.717) is 11.8 Å². The molecule has 11 heteroatoms. The van der Waals surface area contributed by atoms with Crippen LogP contribution in [0.3, 0.4) is 0 Å². The van der Waals surface area contributed by atoms with E-state index in [9.17, 15) is 13.6 Å². The fraction of sp³-hybridized carbons (Fsp3) is 0.381. The molecule has 0 saturated heterocycles. The molecule has 3 rings (SSSR count). The summed E-state index contributed by atoms with van der Waals surface area (Å²) in [7, 11) is 3.02. The van der Waals surface area contributed by atoms with Gasteiger partial charge in [0.25, 0.3) is 5.91 Å². The molecular weight excluding hydrogens is 420 g/mol. The Morgan fingerprint density at radius 1 is 1.25 bits per heavy atom. The van der Waals surface area contributed by atoms with Crippen molar-refractivity contribution in [1.82, 2.24) is 14.8 Å². The third-order valence-corrected chi connectivity index (χ3v) is 5.11. The molecule has 0 aliphatic rings. The molecule has 0 spiro atoms. The minimum absolute atomic E-state index is 0.0251. The number of nitrogens with one attached hydrogen (secondary N) is 2. The number of amides is 1. The first-order valence-electron chi connectivity index (χ1n) is 10.2. The van der Waals surface area contributed by atoms with Crippen LogP contribution in [0.1, 0.15) is 37.0 Å². The summed E-state index contributed by atoms with van der Waals surface area (Å²) in [6, 6.07) is 3.30. The van der Waals surface area contributed by atoms with E-state index in [0.717, 1.165) is 12.5 Å². The molecule has 0 fully saturated rings.